The molecule has 0 radical (unpaired) electrons. The Morgan fingerprint density at radius 1 is 1.25 bits per heavy atom. The second-order valence-corrected chi connectivity index (χ2v) is 6.09. The van der Waals surface area contributed by atoms with Crippen LogP contribution in [0.2, 0.25) is 0 Å². The number of esters is 1. The number of carbonyl (C=O) groups is 3. The Bertz CT molecular complexity index is 702. The normalized spacial score (nSPS) is 23.3. The fourth-order valence-corrected chi connectivity index (χ4v) is 3.38. The van der Waals surface area contributed by atoms with Gasteiger partial charge in [0.25, 0.3) is 5.91 Å². The molecule has 2 saturated heterocycles. The number of piperidine rings is 1. The Morgan fingerprint density at radius 2 is 2.00 bits per heavy atom. The fraction of sp³-hybridized carbons (Fsp3) is 0.471. The minimum atomic E-state index is -0.624. The van der Waals surface area contributed by atoms with Gasteiger partial charge in [0, 0.05) is 6.54 Å². The maximum absolute atomic E-state index is 12.8. The molecule has 2 atom stereocenters. The average Bonchev–Trinajstić information content (AvgIpc) is 2.84. The summed E-state index contributed by atoms with van der Waals surface area (Å²) in [6.45, 7) is 2.24. The Kier molecular flexibility index (Phi) is 4.17. The lowest BCUT2D eigenvalue weighted by atomic mass is 9.91. The van der Waals surface area contributed by atoms with Crippen LogP contribution in [0.15, 0.2) is 18.2 Å². The van der Waals surface area contributed by atoms with E-state index in [1.165, 1.54) is 19.1 Å². The molecule has 0 N–H and O–H groups in total. The molecule has 0 bridgehead atoms. The molecule has 1 aromatic carbocycles. The molecule has 2 heterocycles. The molecule has 0 saturated carbocycles. The van der Waals surface area contributed by atoms with E-state index in [2.05, 4.69) is 0 Å². The second-order valence-electron chi connectivity index (χ2n) is 6.09. The van der Waals surface area contributed by atoms with Crippen LogP contribution in [0.4, 0.5) is 10.5 Å². The first-order chi connectivity index (χ1) is 11.5. The summed E-state index contributed by atoms with van der Waals surface area (Å²) in [5, 5.41) is 0. The third kappa shape index (κ3) is 2.50. The summed E-state index contributed by atoms with van der Waals surface area (Å²) in [4.78, 5) is 40.0. The highest BCUT2D eigenvalue weighted by Gasteiger charge is 2.50. The number of fused-ring (bicyclic) bond motifs is 1. The van der Waals surface area contributed by atoms with E-state index < -0.39 is 6.04 Å². The number of hydrogen-bond acceptors (Lipinski definition) is 5. The van der Waals surface area contributed by atoms with Crippen LogP contribution >= 0.6 is 0 Å². The molecule has 0 spiro atoms. The zero-order chi connectivity index (χ0) is 17.4. The SMILES string of the molecule is COC(=O)[C@@H]1CCN2C(=O)N(c3cc(C)ccc3OC)C(=O)[C@@H]2C1. The van der Waals surface area contributed by atoms with Gasteiger partial charge in [0.1, 0.15) is 11.8 Å². The number of urea groups is 1. The first-order valence-electron chi connectivity index (χ1n) is 7.85. The minimum Gasteiger partial charge on any atom is -0.495 e. The van der Waals surface area contributed by atoms with Gasteiger partial charge in [-0.05, 0) is 37.5 Å². The van der Waals surface area contributed by atoms with Gasteiger partial charge in [-0.1, -0.05) is 6.07 Å². The number of imide groups is 1. The van der Waals surface area contributed by atoms with Gasteiger partial charge in [-0.2, -0.15) is 0 Å². The molecule has 128 valence electrons. The molecule has 24 heavy (non-hydrogen) atoms. The van der Waals surface area contributed by atoms with Crippen molar-refractivity contribution < 1.29 is 23.9 Å². The third-order valence-corrected chi connectivity index (χ3v) is 4.65. The van der Waals surface area contributed by atoms with Crippen LogP contribution in [0.25, 0.3) is 0 Å². The summed E-state index contributed by atoms with van der Waals surface area (Å²) < 4.78 is 10.1. The molecular formula is C17H20N2O5. The van der Waals surface area contributed by atoms with Crippen LogP contribution in [0, 0.1) is 12.8 Å². The molecule has 3 amide bonds. The average molecular weight is 332 g/mol. The number of amides is 3. The van der Waals surface area contributed by atoms with Crippen LogP contribution in [0.3, 0.4) is 0 Å². The van der Waals surface area contributed by atoms with E-state index in [4.69, 9.17) is 9.47 Å². The smallest absolute Gasteiger partial charge is 0.332 e. The minimum absolute atomic E-state index is 0.294. The zero-order valence-electron chi connectivity index (χ0n) is 13.9. The van der Waals surface area contributed by atoms with Crippen molar-refractivity contribution in [2.75, 3.05) is 25.7 Å². The molecule has 2 fully saturated rings. The van der Waals surface area contributed by atoms with Crippen molar-refractivity contribution in [3.63, 3.8) is 0 Å². The third-order valence-electron chi connectivity index (χ3n) is 4.65. The van der Waals surface area contributed by atoms with Crippen LogP contribution in [-0.2, 0) is 14.3 Å². The molecule has 1 aromatic rings. The van der Waals surface area contributed by atoms with Crippen molar-refractivity contribution in [1.29, 1.82) is 0 Å². The summed E-state index contributed by atoms with van der Waals surface area (Å²) in [5.41, 5.74) is 1.36. The Hall–Kier alpha value is -2.57. The van der Waals surface area contributed by atoms with E-state index in [0.717, 1.165) is 10.5 Å². The van der Waals surface area contributed by atoms with Gasteiger partial charge < -0.3 is 14.4 Å². The summed E-state index contributed by atoms with van der Waals surface area (Å²) in [6, 6.07) is 4.36. The predicted octanol–water partition coefficient (Wildman–Crippen LogP) is 1.72. The first kappa shape index (κ1) is 16.3. The number of hydrogen-bond donors (Lipinski definition) is 0. The van der Waals surface area contributed by atoms with E-state index in [9.17, 15) is 14.4 Å². The summed E-state index contributed by atoms with van der Waals surface area (Å²) in [5.74, 6) is -0.544. The van der Waals surface area contributed by atoms with Gasteiger partial charge in [-0.15, -0.1) is 0 Å². The van der Waals surface area contributed by atoms with Gasteiger partial charge in [0.15, 0.2) is 0 Å². The number of anilines is 1. The topological polar surface area (TPSA) is 76.2 Å². The molecule has 0 aromatic heterocycles. The molecule has 0 unspecified atom stereocenters. The molecule has 0 aliphatic carbocycles. The van der Waals surface area contributed by atoms with Crippen LogP contribution in [0.5, 0.6) is 5.75 Å². The van der Waals surface area contributed by atoms with Crippen LogP contribution < -0.4 is 9.64 Å². The number of methoxy groups -OCH3 is 2. The standard InChI is InChI=1S/C17H20N2O5/c1-10-4-5-14(23-2)12(8-10)19-15(20)13-9-11(16(21)24-3)6-7-18(13)17(19)22/h4-5,8,11,13H,6-7,9H2,1-3H3/t11-,13+/m1/s1. The van der Waals surface area contributed by atoms with Gasteiger partial charge in [-0.3, -0.25) is 9.59 Å². The quantitative estimate of drug-likeness (QED) is 0.622. The highest BCUT2D eigenvalue weighted by Crippen LogP contribution is 2.37. The van der Waals surface area contributed by atoms with Crippen molar-refractivity contribution >= 4 is 23.6 Å². The molecule has 2 aliphatic heterocycles. The summed E-state index contributed by atoms with van der Waals surface area (Å²) in [7, 11) is 2.83. The highest BCUT2D eigenvalue weighted by atomic mass is 16.5. The van der Waals surface area contributed by atoms with Gasteiger partial charge in [0.05, 0.1) is 25.8 Å². The number of benzene rings is 1. The number of aryl methyl sites for hydroxylation is 1. The van der Waals surface area contributed by atoms with Gasteiger partial charge in [-0.25, -0.2) is 9.69 Å². The lowest BCUT2D eigenvalue weighted by Crippen LogP contribution is -2.44. The van der Waals surface area contributed by atoms with Crippen molar-refractivity contribution in [2.24, 2.45) is 5.92 Å². The number of ether oxygens (including phenoxy) is 2. The predicted molar refractivity (Wildman–Crippen MR) is 85.8 cm³/mol. The number of rotatable bonds is 3. The molecular weight excluding hydrogens is 312 g/mol. The van der Waals surface area contributed by atoms with E-state index in [-0.39, 0.29) is 23.8 Å². The summed E-state index contributed by atoms with van der Waals surface area (Å²) >= 11 is 0. The molecule has 7 nitrogen and oxygen atoms in total. The number of carbonyl (C=O) groups excluding carboxylic acids is 3. The van der Waals surface area contributed by atoms with Crippen molar-refractivity contribution in [1.82, 2.24) is 4.90 Å². The van der Waals surface area contributed by atoms with Gasteiger partial charge >= 0.3 is 12.0 Å². The number of nitrogens with zero attached hydrogens (tertiary/aromatic N) is 2. The molecule has 3 rings (SSSR count). The first-order valence-corrected chi connectivity index (χ1v) is 7.85. The summed E-state index contributed by atoms with van der Waals surface area (Å²) in [6.07, 6.45) is 0.795. The lowest BCUT2D eigenvalue weighted by Gasteiger charge is -2.30. The lowest BCUT2D eigenvalue weighted by molar-refractivity contribution is -0.147. The Morgan fingerprint density at radius 3 is 2.67 bits per heavy atom. The van der Waals surface area contributed by atoms with E-state index in [0.29, 0.717) is 30.8 Å². The Balaban J connectivity index is 1.93. The van der Waals surface area contributed by atoms with Crippen molar-refractivity contribution in [3.05, 3.63) is 23.8 Å². The van der Waals surface area contributed by atoms with Crippen LogP contribution in [0.1, 0.15) is 18.4 Å². The van der Waals surface area contributed by atoms with Crippen molar-refractivity contribution in [2.45, 2.75) is 25.8 Å². The maximum Gasteiger partial charge on any atom is 0.332 e. The van der Waals surface area contributed by atoms with Crippen LogP contribution in [-0.4, -0.2) is 49.6 Å². The van der Waals surface area contributed by atoms with E-state index in [1.807, 2.05) is 13.0 Å². The van der Waals surface area contributed by atoms with E-state index in [1.54, 1.807) is 12.1 Å². The zero-order valence-corrected chi connectivity index (χ0v) is 13.9. The Labute approximate surface area is 140 Å². The largest absolute Gasteiger partial charge is 0.495 e. The fourth-order valence-electron chi connectivity index (χ4n) is 3.38. The molecule has 7 heteroatoms. The van der Waals surface area contributed by atoms with Crippen molar-refractivity contribution in [3.8, 4) is 5.75 Å². The maximum atomic E-state index is 12.8. The van der Waals surface area contributed by atoms with Gasteiger partial charge in [0.2, 0.25) is 0 Å². The second kappa shape index (κ2) is 6.14. The monoisotopic (exact) mass is 332 g/mol. The highest BCUT2D eigenvalue weighted by molar-refractivity contribution is 6.22. The molecule has 2 aliphatic rings. The van der Waals surface area contributed by atoms with E-state index >= 15 is 0 Å².